The van der Waals surface area contributed by atoms with E-state index < -0.39 is 6.10 Å². The quantitative estimate of drug-likeness (QED) is 0.942. The Morgan fingerprint density at radius 3 is 3.05 bits per heavy atom. The van der Waals surface area contributed by atoms with Crippen molar-refractivity contribution in [2.45, 2.75) is 25.0 Å². The number of aryl methyl sites for hydroxylation is 1. The number of aliphatic hydroxyl groups is 1. The number of aliphatic hydroxyl groups excluding tert-OH is 1. The molecular weight excluding hydrogens is 288 g/mol. The molecule has 1 aromatic heterocycles. The normalized spacial score (nSPS) is 20.8. The van der Waals surface area contributed by atoms with Gasteiger partial charge in [-0.2, -0.15) is 0 Å². The van der Waals surface area contributed by atoms with Gasteiger partial charge in [0.2, 0.25) is 0 Å². The molecule has 1 saturated heterocycles. The van der Waals surface area contributed by atoms with Crippen molar-refractivity contribution in [1.29, 1.82) is 0 Å². The molecule has 2 heterocycles. The van der Waals surface area contributed by atoms with Crippen molar-refractivity contribution in [3.8, 4) is 0 Å². The highest BCUT2D eigenvalue weighted by Gasteiger charge is 2.30. The molecule has 6 heteroatoms. The lowest BCUT2D eigenvalue weighted by molar-refractivity contribution is 0.103. The van der Waals surface area contributed by atoms with Crippen LogP contribution in [0.25, 0.3) is 0 Å². The number of aromatic nitrogens is 3. The molecule has 2 aromatic rings. The molecule has 112 valence electrons. The Kier molecular flexibility index (Phi) is 4.24. The van der Waals surface area contributed by atoms with Crippen molar-refractivity contribution >= 4 is 11.6 Å². The Morgan fingerprint density at radius 1 is 1.48 bits per heavy atom. The monoisotopic (exact) mass is 306 g/mol. The third-order valence-electron chi connectivity index (χ3n) is 4.05. The number of benzene rings is 1. The minimum Gasteiger partial charge on any atom is -0.387 e. The molecule has 3 rings (SSSR count). The highest BCUT2D eigenvalue weighted by atomic mass is 35.5. The van der Waals surface area contributed by atoms with Gasteiger partial charge in [-0.15, -0.1) is 10.2 Å². The largest absolute Gasteiger partial charge is 0.387 e. The standard InChI is InChI=1S/C15H19ClN4O/c1-19-10-17-18-15(19)13-6-3-7-20(13)9-14(21)11-4-2-5-12(16)8-11/h2,4-5,8,10,13-14,21H,3,6-7,9H2,1H3. The van der Waals surface area contributed by atoms with Crippen LogP contribution in [-0.2, 0) is 7.05 Å². The fourth-order valence-corrected chi connectivity index (χ4v) is 3.17. The van der Waals surface area contributed by atoms with E-state index in [0.29, 0.717) is 11.6 Å². The van der Waals surface area contributed by atoms with Gasteiger partial charge in [0.25, 0.3) is 0 Å². The van der Waals surface area contributed by atoms with Gasteiger partial charge in [0, 0.05) is 18.6 Å². The summed E-state index contributed by atoms with van der Waals surface area (Å²) in [5.41, 5.74) is 0.853. The summed E-state index contributed by atoms with van der Waals surface area (Å²) in [6, 6.07) is 7.64. The number of likely N-dealkylation sites (tertiary alicyclic amines) is 1. The zero-order valence-electron chi connectivity index (χ0n) is 12.0. The molecule has 1 aromatic carbocycles. The van der Waals surface area contributed by atoms with Crippen LogP contribution in [0, 0.1) is 0 Å². The van der Waals surface area contributed by atoms with Crippen LogP contribution < -0.4 is 0 Å². The van der Waals surface area contributed by atoms with E-state index in [9.17, 15) is 5.11 Å². The summed E-state index contributed by atoms with van der Waals surface area (Å²) in [5, 5.41) is 19.3. The molecule has 0 amide bonds. The fraction of sp³-hybridized carbons (Fsp3) is 0.467. The van der Waals surface area contributed by atoms with Gasteiger partial charge in [0.15, 0.2) is 0 Å². The molecule has 0 saturated carbocycles. The Balaban J connectivity index is 1.73. The van der Waals surface area contributed by atoms with Gasteiger partial charge >= 0.3 is 0 Å². The van der Waals surface area contributed by atoms with Crippen LogP contribution in [0.1, 0.15) is 36.4 Å². The maximum atomic E-state index is 10.4. The van der Waals surface area contributed by atoms with Gasteiger partial charge in [-0.3, -0.25) is 4.90 Å². The Hall–Kier alpha value is -1.43. The van der Waals surface area contributed by atoms with Crippen LogP contribution in [0.4, 0.5) is 0 Å². The summed E-state index contributed by atoms with van der Waals surface area (Å²) in [7, 11) is 1.96. The lowest BCUT2D eigenvalue weighted by Crippen LogP contribution is -2.29. The van der Waals surface area contributed by atoms with E-state index in [2.05, 4.69) is 15.1 Å². The van der Waals surface area contributed by atoms with Crippen molar-refractivity contribution in [3.05, 3.63) is 47.0 Å². The number of rotatable bonds is 4. The molecule has 0 radical (unpaired) electrons. The number of nitrogens with zero attached hydrogens (tertiary/aromatic N) is 4. The number of hydrogen-bond acceptors (Lipinski definition) is 4. The second-order valence-corrected chi connectivity index (χ2v) is 5.96. The van der Waals surface area contributed by atoms with Gasteiger partial charge in [0.05, 0.1) is 12.1 Å². The summed E-state index contributed by atoms with van der Waals surface area (Å²) in [6.07, 6.45) is 3.34. The summed E-state index contributed by atoms with van der Waals surface area (Å²) in [4.78, 5) is 2.27. The lowest BCUT2D eigenvalue weighted by atomic mass is 10.1. The highest BCUT2D eigenvalue weighted by molar-refractivity contribution is 6.30. The predicted octanol–water partition coefficient (Wildman–Crippen LogP) is 2.34. The van der Waals surface area contributed by atoms with Gasteiger partial charge in [-0.25, -0.2) is 0 Å². The summed E-state index contributed by atoms with van der Waals surface area (Å²) < 4.78 is 1.95. The third kappa shape index (κ3) is 3.10. The molecular formula is C15H19ClN4O. The summed E-state index contributed by atoms with van der Waals surface area (Å²) in [5.74, 6) is 0.964. The fourth-order valence-electron chi connectivity index (χ4n) is 2.97. The van der Waals surface area contributed by atoms with E-state index >= 15 is 0 Å². The first-order chi connectivity index (χ1) is 10.1. The molecule has 1 aliphatic heterocycles. The van der Waals surface area contributed by atoms with Crippen molar-refractivity contribution in [2.75, 3.05) is 13.1 Å². The van der Waals surface area contributed by atoms with Gasteiger partial charge < -0.3 is 9.67 Å². The highest BCUT2D eigenvalue weighted by Crippen LogP contribution is 2.32. The van der Waals surface area contributed by atoms with Crippen LogP contribution >= 0.6 is 11.6 Å². The van der Waals surface area contributed by atoms with Crippen molar-refractivity contribution in [3.63, 3.8) is 0 Å². The zero-order valence-corrected chi connectivity index (χ0v) is 12.7. The molecule has 5 nitrogen and oxygen atoms in total. The van der Waals surface area contributed by atoms with Crippen molar-refractivity contribution in [2.24, 2.45) is 7.05 Å². The molecule has 0 aliphatic carbocycles. The van der Waals surface area contributed by atoms with Crippen LogP contribution in [0.3, 0.4) is 0 Å². The first-order valence-electron chi connectivity index (χ1n) is 7.16. The Morgan fingerprint density at radius 2 is 2.33 bits per heavy atom. The van der Waals surface area contributed by atoms with Crippen LogP contribution in [0.2, 0.25) is 5.02 Å². The number of hydrogen-bond donors (Lipinski definition) is 1. The molecule has 2 atom stereocenters. The van der Waals surface area contributed by atoms with Crippen LogP contribution in [0.15, 0.2) is 30.6 Å². The number of halogens is 1. The minimum atomic E-state index is -0.544. The molecule has 1 aliphatic rings. The second kappa shape index (κ2) is 6.13. The average Bonchev–Trinajstić information content (AvgIpc) is 3.07. The Bertz CT molecular complexity index is 615. The maximum absolute atomic E-state index is 10.4. The second-order valence-electron chi connectivity index (χ2n) is 5.52. The number of β-amino-alcohol motifs (C(OH)–C–C–N with tert-alkyl or cyclic N) is 1. The summed E-state index contributed by atoms with van der Waals surface area (Å²) in [6.45, 7) is 1.55. The van der Waals surface area contributed by atoms with Gasteiger partial charge in [0.1, 0.15) is 12.2 Å². The first kappa shape index (κ1) is 14.5. The minimum absolute atomic E-state index is 0.228. The van der Waals surface area contributed by atoms with Crippen molar-refractivity contribution in [1.82, 2.24) is 19.7 Å². The van der Waals surface area contributed by atoms with E-state index in [-0.39, 0.29) is 6.04 Å². The van der Waals surface area contributed by atoms with E-state index in [1.54, 1.807) is 6.33 Å². The molecule has 21 heavy (non-hydrogen) atoms. The lowest BCUT2D eigenvalue weighted by Gasteiger charge is -2.26. The molecule has 1 N–H and O–H groups in total. The first-order valence-corrected chi connectivity index (χ1v) is 7.54. The van der Waals surface area contributed by atoms with Gasteiger partial charge in [-0.1, -0.05) is 23.7 Å². The topological polar surface area (TPSA) is 54.2 Å². The Labute approximate surface area is 129 Å². The molecule has 2 unspecified atom stereocenters. The van der Waals surface area contributed by atoms with Crippen LogP contribution in [-0.4, -0.2) is 37.9 Å². The SMILES string of the molecule is Cn1cnnc1C1CCCN1CC(O)c1cccc(Cl)c1. The third-order valence-corrected chi connectivity index (χ3v) is 4.28. The van der Waals surface area contributed by atoms with E-state index in [1.165, 1.54) is 0 Å². The van der Waals surface area contributed by atoms with Crippen LogP contribution in [0.5, 0.6) is 0 Å². The van der Waals surface area contributed by atoms with E-state index in [0.717, 1.165) is 30.8 Å². The van der Waals surface area contributed by atoms with E-state index in [1.807, 2.05) is 35.9 Å². The summed E-state index contributed by atoms with van der Waals surface area (Å²) >= 11 is 5.99. The zero-order chi connectivity index (χ0) is 14.8. The molecule has 0 spiro atoms. The van der Waals surface area contributed by atoms with E-state index in [4.69, 9.17) is 11.6 Å². The predicted molar refractivity (Wildman–Crippen MR) is 81.0 cm³/mol. The maximum Gasteiger partial charge on any atom is 0.149 e. The molecule has 1 fully saturated rings. The van der Waals surface area contributed by atoms with Gasteiger partial charge in [-0.05, 0) is 37.1 Å². The smallest absolute Gasteiger partial charge is 0.149 e. The molecule has 0 bridgehead atoms. The average molecular weight is 307 g/mol. The van der Waals surface area contributed by atoms with Crippen molar-refractivity contribution < 1.29 is 5.11 Å².